The van der Waals surface area contributed by atoms with E-state index in [1.165, 1.54) is 12.0 Å². The number of hydrogen-bond donors (Lipinski definition) is 2. The molecule has 0 saturated heterocycles. The summed E-state index contributed by atoms with van der Waals surface area (Å²) < 4.78 is 7.86. The number of thiocarbonyl (C=S) groups is 1. The second-order valence-electron chi connectivity index (χ2n) is 6.70. The van der Waals surface area contributed by atoms with Crippen LogP contribution in [0, 0.1) is 5.92 Å². The van der Waals surface area contributed by atoms with Crippen molar-refractivity contribution in [2.45, 2.75) is 39.2 Å². The molecule has 146 valence electrons. The van der Waals surface area contributed by atoms with Gasteiger partial charge in [-0.05, 0) is 65.3 Å². The molecule has 2 aromatic heterocycles. The van der Waals surface area contributed by atoms with Crippen molar-refractivity contribution in [1.82, 2.24) is 15.1 Å². The molecule has 0 radical (unpaired) electrons. The van der Waals surface area contributed by atoms with Crippen LogP contribution in [-0.2, 0) is 24.1 Å². The third kappa shape index (κ3) is 5.08. The summed E-state index contributed by atoms with van der Waals surface area (Å²) in [5.74, 6) is 0.346. The van der Waals surface area contributed by atoms with Crippen LogP contribution < -0.4 is 10.6 Å². The molecular weight excluding hydrogens is 448 g/mol. The van der Waals surface area contributed by atoms with Crippen molar-refractivity contribution in [3.8, 4) is 0 Å². The molecule has 27 heavy (non-hydrogen) atoms. The van der Waals surface area contributed by atoms with Gasteiger partial charge >= 0.3 is 5.97 Å². The van der Waals surface area contributed by atoms with Crippen LogP contribution in [0.1, 0.15) is 40.6 Å². The lowest BCUT2D eigenvalue weighted by Gasteiger charge is -2.18. The maximum atomic E-state index is 12.3. The topological polar surface area (TPSA) is 68.2 Å². The largest absolute Gasteiger partial charge is 0.465 e. The molecule has 9 heteroatoms. The van der Waals surface area contributed by atoms with E-state index in [1.807, 2.05) is 10.9 Å². The highest BCUT2D eigenvalue weighted by Gasteiger charge is 2.28. The highest BCUT2D eigenvalue weighted by Crippen LogP contribution is 2.39. The summed E-state index contributed by atoms with van der Waals surface area (Å²) in [6.45, 7) is 3.77. The van der Waals surface area contributed by atoms with E-state index in [4.69, 9.17) is 17.0 Å². The smallest absolute Gasteiger partial charge is 0.341 e. The van der Waals surface area contributed by atoms with Crippen molar-refractivity contribution in [1.29, 1.82) is 0 Å². The molecule has 0 aliphatic heterocycles. The molecule has 0 amide bonds. The number of fused-ring (bicyclic) bond motifs is 1. The number of esters is 1. The van der Waals surface area contributed by atoms with Crippen molar-refractivity contribution < 1.29 is 9.53 Å². The van der Waals surface area contributed by atoms with Gasteiger partial charge in [0.05, 0.1) is 23.3 Å². The van der Waals surface area contributed by atoms with Crippen molar-refractivity contribution >= 4 is 55.6 Å². The molecule has 2 aromatic rings. The monoisotopic (exact) mass is 470 g/mol. The van der Waals surface area contributed by atoms with Crippen LogP contribution in [0.4, 0.5) is 5.00 Å². The minimum atomic E-state index is -0.295. The minimum Gasteiger partial charge on any atom is -0.465 e. The Morgan fingerprint density at radius 3 is 3.07 bits per heavy atom. The normalized spacial score (nSPS) is 15.9. The standard InChI is InChI=1S/C18H23BrN4O2S2/c1-11-4-5-13-14(8-11)27-16(15(13)17(24)25-2)22-18(26)20-6-3-7-23-10-12(19)9-21-23/h9-11H,3-8H2,1-2H3,(H2,20,22,26). The number of anilines is 1. The first-order valence-corrected chi connectivity index (χ1v) is 11.0. The molecule has 0 fully saturated rings. The van der Waals surface area contributed by atoms with Gasteiger partial charge in [-0.2, -0.15) is 5.10 Å². The Balaban J connectivity index is 1.59. The molecule has 1 aliphatic rings. The van der Waals surface area contributed by atoms with Crippen LogP contribution in [0.3, 0.4) is 0 Å². The van der Waals surface area contributed by atoms with Gasteiger partial charge < -0.3 is 15.4 Å². The highest BCUT2D eigenvalue weighted by atomic mass is 79.9. The molecule has 3 rings (SSSR count). The number of halogens is 1. The first kappa shape index (κ1) is 20.3. The molecule has 2 heterocycles. The number of thiophene rings is 1. The molecule has 1 unspecified atom stereocenters. The van der Waals surface area contributed by atoms with Gasteiger partial charge in [-0.3, -0.25) is 4.68 Å². The van der Waals surface area contributed by atoms with E-state index in [9.17, 15) is 4.79 Å². The Bertz CT molecular complexity index is 833. The number of hydrogen-bond acceptors (Lipinski definition) is 5. The lowest BCUT2D eigenvalue weighted by molar-refractivity contribution is 0.0601. The summed E-state index contributed by atoms with van der Waals surface area (Å²) >= 11 is 10.4. The zero-order chi connectivity index (χ0) is 19.4. The lowest BCUT2D eigenvalue weighted by Crippen LogP contribution is -2.30. The van der Waals surface area contributed by atoms with Crippen LogP contribution in [0.15, 0.2) is 16.9 Å². The second kappa shape index (κ2) is 9.16. The zero-order valence-electron chi connectivity index (χ0n) is 15.4. The minimum absolute atomic E-state index is 0.295. The van der Waals surface area contributed by atoms with Crippen LogP contribution in [0.25, 0.3) is 0 Å². The van der Waals surface area contributed by atoms with E-state index in [-0.39, 0.29) is 5.97 Å². The van der Waals surface area contributed by atoms with Gasteiger partial charge in [-0.25, -0.2) is 4.79 Å². The van der Waals surface area contributed by atoms with E-state index in [2.05, 4.69) is 38.6 Å². The van der Waals surface area contributed by atoms with E-state index < -0.39 is 0 Å². The summed E-state index contributed by atoms with van der Waals surface area (Å²) in [5.41, 5.74) is 1.77. The van der Waals surface area contributed by atoms with Crippen molar-refractivity contribution in [2.24, 2.45) is 5.92 Å². The number of carbonyl (C=O) groups excluding carboxylic acids is 1. The SMILES string of the molecule is COC(=O)c1c(NC(=S)NCCCn2cc(Br)cn2)sc2c1CCC(C)C2. The predicted octanol–water partition coefficient (Wildman–Crippen LogP) is 4.00. The Hall–Kier alpha value is -1.45. The number of nitrogens with one attached hydrogen (secondary N) is 2. The maximum Gasteiger partial charge on any atom is 0.341 e. The fraction of sp³-hybridized carbons (Fsp3) is 0.500. The fourth-order valence-corrected chi connectivity index (χ4v) is 5.21. The molecule has 6 nitrogen and oxygen atoms in total. The maximum absolute atomic E-state index is 12.3. The van der Waals surface area contributed by atoms with Crippen molar-refractivity contribution in [3.05, 3.63) is 32.9 Å². The lowest BCUT2D eigenvalue weighted by atomic mass is 9.88. The van der Waals surface area contributed by atoms with Crippen LogP contribution in [0.2, 0.25) is 0 Å². The Labute approximate surface area is 176 Å². The second-order valence-corrected chi connectivity index (χ2v) is 9.13. The number of methoxy groups -OCH3 is 1. The average Bonchev–Trinajstić information content (AvgIpc) is 3.20. The molecule has 0 saturated carbocycles. The van der Waals surface area contributed by atoms with Crippen molar-refractivity contribution in [3.63, 3.8) is 0 Å². The van der Waals surface area contributed by atoms with E-state index in [0.29, 0.717) is 16.6 Å². The average molecular weight is 471 g/mol. The molecule has 1 aliphatic carbocycles. The van der Waals surface area contributed by atoms with E-state index in [1.54, 1.807) is 17.5 Å². The summed E-state index contributed by atoms with van der Waals surface area (Å²) in [6.07, 6.45) is 7.62. The number of aryl methyl sites for hydroxylation is 1. The number of rotatable bonds is 6. The van der Waals surface area contributed by atoms with Crippen LogP contribution >= 0.6 is 39.5 Å². The van der Waals surface area contributed by atoms with E-state index in [0.717, 1.165) is 53.8 Å². The summed E-state index contributed by atoms with van der Waals surface area (Å²) in [6, 6.07) is 0. The number of ether oxygens (including phenoxy) is 1. The molecule has 0 aromatic carbocycles. The summed E-state index contributed by atoms with van der Waals surface area (Å²) in [7, 11) is 1.42. The molecule has 1 atom stereocenters. The van der Waals surface area contributed by atoms with Crippen LogP contribution in [-0.4, -0.2) is 34.5 Å². The van der Waals surface area contributed by atoms with Crippen LogP contribution in [0.5, 0.6) is 0 Å². The number of nitrogens with zero attached hydrogens (tertiary/aromatic N) is 2. The molecular formula is C18H23BrN4O2S2. The molecule has 2 N–H and O–H groups in total. The van der Waals surface area contributed by atoms with Gasteiger partial charge in [0.2, 0.25) is 0 Å². The Kier molecular flexibility index (Phi) is 6.88. The van der Waals surface area contributed by atoms with Gasteiger partial charge in [0.1, 0.15) is 5.00 Å². The third-order valence-corrected chi connectivity index (χ3v) is 6.41. The van der Waals surface area contributed by atoms with Gasteiger partial charge in [-0.1, -0.05) is 6.92 Å². The fourth-order valence-electron chi connectivity index (χ4n) is 3.21. The van der Waals surface area contributed by atoms with Gasteiger partial charge in [-0.15, -0.1) is 11.3 Å². The highest BCUT2D eigenvalue weighted by molar-refractivity contribution is 9.10. The first-order chi connectivity index (χ1) is 13.0. The van der Waals surface area contributed by atoms with Gasteiger partial charge in [0.15, 0.2) is 5.11 Å². The quantitative estimate of drug-likeness (QED) is 0.377. The predicted molar refractivity (Wildman–Crippen MR) is 116 cm³/mol. The zero-order valence-corrected chi connectivity index (χ0v) is 18.6. The Morgan fingerprint density at radius 2 is 2.37 bits per heavy atom. The van der Waals surface area contributed by atoms with E-state index >= 15 is 0 Å². The van der Waals surface area contributed by atoms with Gasteiger partial charge in [0, 0.05) is 24.2 Å². The summed E-state index contributed by atoms with van der Waals surface area (Å²) in [5, 5.41) is 11.9. The van der Waals surface area contributed by atoms with Crippen molar-refractivity contribution in [2.75, 3.05) is 19.0 Å². The number of aromatic nitrogens is 2. The molecule has 0 bridgehead atoms. The molecule has 0 spiro atoms. The van der Waals surface area contributed by atoms with Gasteiger partial charge in [0.25, 0.3) is 0 Å². The summed E-state index contributed by atoms with van der Waals surface area (Å²) in [4.78, 5) is 13.6. The Morgan fingerprint density at radius 1 is 1.56 bits per heavy atom. The first-order valence-electron chi connectivity index (χ1n) is 8.93. The third-order valence-electron chi connectivity index (χ3n) is 4.58. The number of carbonyl (C=O) groups is 1.